The number of aromatic amines is 1. The van der Waals surface area contributed by atoms with Gasteiger partial charge in [0.15, 0.2) is 59.4 Å². The third-order valence-electron chi connectivity index (χ3n) is 7.63. The third kappa shape index (κ3) is 5.31. The van der Waals surface area contributed by atoms with E-state index < -0.39 is 83.4 Å². The van der Waals surface area contributed by atoms with Gasteiger partial charge in [-0.15, -0.1) is 0 Å². The first-order chi connectivity index (χ1) is 21.3. The first-order valence-corrected chi connectivity index (χ1v) is 16.2. The highest BCUT2D eigenvalue weighted by molar-refractivity contribution is 7.47. The monoisotopic (exact) mass is 673 g/mol. The van der Waals surface area contributed by atoms with Gasteiger partial charge in [-0.3, -0.25) is 32.5 Å². The maximum Gasteiger partial charge on any atom is 0.472 e. The zero-order chi connectivity index (χ0) is 31.8. The molecule has 0 saturated carbocycles. The second-order valence-corrected chi connectivity index (χ2v) is 13.2. The average Bonchev–Trinajstić information content (AvgIpc) is 3.72. The Bertz CT molecular complexity index is 1940. The molecule has 4 unspecified atom stereocenters. The molecule has 0 aromatic carbocycles. The van der Waals surface area contributed by atoms with E-state index in [9.17, 15) is 23.7 Å². The summed E-state index contributed by atoms with van der Waals surface area (Å²) >= 11 is 0. The Labute approximate surface area is 250 Å². The first kappa shape index (κ1) is 30.2. The summed E-state index contributed by atoms with van der Waals surface area (Å²) in [5.41, 5.74) is 19.4. The number of nitrogens with one attached hydrogen (secondary N) is 1. The van der Waals surface area contributed by atoms with E-state index in [0.717, 1.165) is 0 Å². The zero-order valence-corrected chi connectivity index (χ0v) is 24.7. The summed E-state index contributed by atoms with van der Waals surface area (Å²) in [7, 11) is -10.0. The summed E-state index contributed by atoms with van der Waals surface area (Å²) in [6.45, 7) is -1.38. The van der Waals surface area contributed by atoms with Crippen molar-refractivity contribution in [1.29, 1.82) is 0 Å². The summed E-state index contributed by atoms with van der Waals surface area (Å²) in [6, 6.07) is -1.97. The number of aromatic nitrogens is 8. The molecule has 3 aliphatic rings. The Morgan fingerprint density at radius 2 is 1.51 bits per heavy atom. The molecule has 242 valence electrons. The van der Waals surface area contributed by atoms with Crippen LogP contribution in [0, 0.1) is 0 Å². The summed E-state index contributed by atoms with van der Waals surface area (Å²) in [5, 5.41) is 0. The second kappa shape index (κ2) is 10.8. The molecule has 0 aliphatic carbocycles. The van der Waals surface area contributed by atoms with Gasteiger partial charge in [0, 0.05) is 0 Å². The van der Waals surface area contributed by atoms with Crippen LogP contribution in [-0.2, 0) is 36.7 Å². The minimum atomic E-state index is -5.12. The molecule has 10 atom stereocenters. The smallest absolute Gasteiger partial charge is 0.472 e. The Balaban J connectivity index is 1.17. The maximum absolute atomic E-state index is 13.2. The molecule has 0 amide bonds. The number of fused-ring (bicyclic) bond motifs is 4. The van der Waals surface area contributed by atoms with Crippen LogP contribution >= 0.6 is 15.6 Å². The van der Waals surface area contributed by atoms with Crippen molar-refractivity contribution in [2.75, 3.05) is 24.7 Å². The fourth-order valence-corrected chi connectivity index (χ4v) is 7.55. The van der Waals surface area contributed by atoms with Crippen molar-refractivity contribution >= 4 is 49.7 Å². The van der Waals surface area contributed by atoms with Crippen molar-refractivity contribution in [3.05, 3.63) is 29.3 Å². The lowest BCUT2D eigenvalue weighted by Crippen LogP contribution is -2.68. The molecular formula is C20H27N12O11P2+. The lowest BCUT2D eigenvalue weighted by atomic mass is 10.1. The van der Waals surface area contributed by atoms with Crippen LogP contribution < -0.4 is 33.4 Å². The van der Waals surface area contributed by atoms with Gasteiger partial charge in [0.25, 0.3) is 13.4 Å². The lowest BCUT2D eigenvalue weighted by molar-refractivity contribution is -0.446. The van der Waals surface area contributed by atoms with E-state index in [1.807, 2.05) is 0 Å². The molecule has 7 heterocycles. The van der Waals surface area contributed by atoms with E-state index >= 15 is 0 Å². The molecule has 3 fully saturated rings. The molecule has 12 N–H and O–H groups in total. The zero-order valence-electron chi connectivity index (χ0n) is 22.9. The highest BCUT2D eigenvalue weighted by atomic mass is 31.2. The summed E-state index contributed by atoms with van der Waals surface area (Å²) in [4.78, 5) is 58.7. The van der Waals surface area contributed by atoms with Crippen LogP contribution in [0.25, 0.3) is 22.3 Å². The van der Waals surface area contributed by atoms with E-state index in [1.165, 1.54) is 28.1 Å². The van der Waals surface area contributed by atoms with Crippen molar-refractivity contribution in [2.24, 2.45) is 0 Å². The highest BCUT2D eigenvalue weighted by Gasteiger charge is 2.54. The molecule has 4 aromatic rings. The second-order valence-electron chi connectivity index (χ2n) is 10.5. The first-order valence-electron chi connectivity index (χ1n) is 13.2. The van der Waals surface area contributed by atoms with Gasteiger partial charge in [-0.25, -0.2) is 24.5 Å². The molecule has 4 aromatic heterocycles. The van der Waals surface area contributed by atoms with Crippen LogP contribution in [0.5, 0.6) is 0 Å². The summed E-state index contributed by atoms with van der Waals surface area (Å²) in [5.74, 6) is -0.0951. The van der Waals surface area contributed by atoms with Gasteiger partial charge < -0.3 is 51.2 Å². The number of phosphoric acid groups is 2. The SMILES string of the molecule is Nc1nc2c(ncn2[C@@H]2O[C@@H]3COP(=O)([O-])O[C@@H]4C([NH3+])[C@H](n5cnc6c(N)ncnc65)O[C@@H]4COP(=O)(O)O[C@@H]3C2[NH3+])c(=O)[nH]1. The number of anilines is 2. The highest BCUT2D eigenvalue weighted by Crippen LogP contribution is 2.51. The molecular weight excluding hydrogens is 646 g/mol. The lowest BCUT2D eigenvalue weighted by Gasteiger charge is -2.31. The van der Waals surface area contributed by atoms with Crippen LogP contribution in [0.15, 0.2) is 23.8 Å². The number of hydrogen-bond donors (Lipinski definition) is 6. The predicted molar refractivity (Wildman–Crippen MR) is 143 cm³/mol. The largest absolute Gasteiger partial charge is 0.756 e. The Kier molecular flexibility index (Phi) is 7.27. The standard InChI is InChI=1S/C20H26N12O11P2/c21-8-12-6(40-18(8)31-4-27-10-14(23)25-3-26-15(10)31)1-38-45(36,37)43-13-7(2-39-44(34,35)42-12)41-19(9(13)22)32-5-28-11-16(32)29-20(24)30-17(11)33/h3-9,12-13,18-19H,1-2,21-22H2,(H,34,35)(H,36,37)(H2,23,25,26)(H3,24,29,30,33)/p+1/t6-,7-,8?,9?,12+,13+,18-,19-/m1/s1. The Morgan fingerprint density at radius 1 is 0.911 bits per heavy atom. The fraction of sp³-hybridized carbons (Fsp3) is 0.500. The molecule has 25 heteroatoms. The predicted octanol–water partition coefficient (Wildman–Crippen LogP) is -4.47. The molecule has 3 saturated heterocycles. The van der Waals surface area contributed by atoms with Gasteiger partial charge in [0.1, 0.15) is 24.1 Å². The summed E-state index contributed by atoms with van der Waals surface area (Å²) < 4.78 is 62.3. The maximum atomic E-state index is 13.2. The summed E-state index contributed by atoms with van der Waals surface area (Å²) in [6.07, 6.45) is -3.60. The number of imidazole rings is 2. The Morgan fingerprint density at radius 3 is 2.20 bits per heavy atom. The quantitative estimate of drug-likeness (QED) is 0.109. The number of ether oxygens (including phenoxy) is 2. The van der Waals surface area contributed by atoms with Gasteiger partial charge in [0.05, 0.1) is 25.9 Å². The van der Waals surface area contributed by atoms with Crippen LogP contribution in [0.3, 0.4) is 0 Å². The number of phosphoric ester groups is 2. The van der Waals surface area contributed by atoms with Crippen molar-refractivity contribution in [3.8, 4) is 0 Å². The van der Waals surface area contributed by atoms with Crippen molar-refractivity contribution < 1.29 is 58.0 Å². The van der Waals surface area contributed by atoms with E-state index in [-0.39, 0.29) is 34.1 Å². The van der Waals surface area contributed by atoms with Crippen molar-refractivity contribution in [2.45, 2.75) is 49.0 Å². The molecule has 23 nitrogen and oxygen atoms in total. The van der Waals surface area contributed by atoms with E-state index in [1.54, 1.807) is 0 Å². The van der Waals surface area contributed by atoms with Gasteiger partial charge in [-0.05, 0) is 0 Å². The molecule has 0 spiro atoms. The van der Waals surface area contributed by atoms with Crippen LogP contribution in [0.2, 0.25) is 0 Å². The number of nitrogens with zero attached hydrogens (tertiary/aromatic N) is 7. The topological polar surface area (TPSA) is 347 Å². The Hall–Kier alpha value is -3.44. The average molecular weight is 673 g/mol. The number of rotatable bonds is 2. The molecule has 0 radical (unpaired) electrons. The number of H-pyrrole nitrogens is 1. The minimum absolute atomic E-state index is 0.0234. The van der Waals surface area contributed by atoms with Crippen molar-refractivity contribution in [3.63, 3.8) is 0 Å². The number of nitrogen functional groups attached to an aromatic ring is 2. The van der Waals surface area contributed by atoms with Crippen LogP contribution in [0.1, 0.15) is 12.5 Å². The minimum Gasteiger partial charge on any atom is -0.756 e. The van der Waals surface area contributed by atoms with E-state index in [4.69, 9.17) is 39.0 Å². The fourth-order valence-electron chi connectivity index (χ4n) is 5.58. The molecule has 7 rings (SSSR count). The normalized spacial score (nSPS) is 37.7. The molecule has 3 aliphatic heterocycles. The van der Waals surface area contributed by atoms with Crippen molar-refractivity contribution in [1.82, 2.24) is 39.0 Å². The van der Waals surface area contributed by atoms with Gasteiger partial charge in [-0.1, -0.05) is 0 Å². The van der Waals surface area contributed by atoms with Gasteiger partial charge >= 0.3 is 7.82 Å². The molecule has 0 bridgehead atoms. The van der Waals surface area contributed by atoms with Crippen LogP contribution in [-0.4, -0.2) is 93.6 Å². The van der Waals surface area contributed by atoms with Gasteiger partial charge in [-0.2, -0.15) is 4.98 Å². The number of hydrogen-bond acceptors (Lipinski definition) is 17. The number of nitrogens with two attached hydrogens (primary N) is 2. The van der Waals surface area contributed by atoms with Crippen LogP contribution in [0.4, 0.5) is 11.8 Å². The van der Waals surface area contributed by atoms with E-state index in [2.05, 4.69) is 41.4 Å². The third-order valence-corrected chi connectivity index (χ3v) is 9.58. The van der Waals surface area contributed by atoms with E-state index in [0.29, 0.717) is 0 Å². The number of quaternary nitrogens is 2. The molecule has 45 heavy (non-hydrogen) atoms. The van der Waals surface area contributed by atoms with Gasteiger partial charge in [0.2, 0.25) is 5.95 Å².